The van der Waals surface area contributed by atoms with Crippen molar-refractivity contribution >= 4 is 28.5 Å². The summed E-state index contributed by atoms with van der Waals surface area (Å²) in [6.45, 7) is 0. The Morgan fingerprint density at radius 3 is 2.61 bits per heavy atom. The van der Waals surface area contributed by atoms with Gasteiger partial charge in [-0.3, -0.25) is 9.36 Å². The molecule has 0 radical (unpaired) electrons. The first kappa shape index (κ1) is 19.4. The van der Waals surface area contributed by atoms with Crippen LogP contribution in [0.1, 0.15) is 41.5 Å². The van der Waals surface area contributed by atoms with Crippen LogP contribution in [0.5, 0.6) is 0 Å². The van der Waals surface area contributed by atoms with E-state index in [0.29, 0.717) is 18.1 Å². The van der Waals surface area contributed by atoms with Crippen LogP contribution < -0.4 is 29.5 Å². The van der Waals surface area contributed by atoms with Crippen molar-refractivity contribution < 1.29 is 28.8 Å². The van der Waals surface area contributed by atoms with Gasteiger partial charge in [-0.05, 0) is 52.6 Å². The normalized spacial score (nSPS) is 17.9. The molecule has 4 nitrogen and oxygen atoms in total. The molecule has 1 aliphatic carbocycles. The third-order valence-electron chi connectivity index (χ3n) is 5.54. The molecule has 2 aliphatic rings. The molecule has 0 unspecified atom stereocenters. The second-order valence-electron chi connectivity index (χ2n) is 7.33. The van der Waals surface area contributed by atoms with Crippen LogP contribution in [-0.2, 0) is 11.2 Å². The summed E-state index contributed by atoms with van der Waals surface area (Å²) in [6.07, 6.45) is 2.89. The molecule has 1 aliphatic heterocycles. The van der Waals surface area contributed by atoms with Gasteiger partial charge in [0.2, 0.25) is 0 Å². The minimum absolute atomic E-state index is 0. The van der Waals surface area contributed by atoms with E-state index in [0.717, 1.165) is 23.4 Å². The van der Waals surface area contributed by atoms with Crippen LogP contribution in [0.2, 0.25) is 0 Å². The first-order valence-corrected chi connectivity index (χ1v) is 10.2. The summed E-state index contributed by atoms with van der Waals surface area (Å²) in [5, 5.41) is 14.7. The van der Waals surface area contributed by atoms with Crippen LogP contribution in [0, 0.1) is 0 Å². The van der Waals surface area contributed by atoms with Gasteiger partial charge in [-0.25, -0.2) is 0 Å². The number of benzene rings is 2. The summed E-state index contributed by atoms with van der Waals surface area (Å²) in [5.41, 5.74) is 3.18. The number of pyridine rings is 1. The minimum atomic E-state index is -1.17. The SMILES string of the molecule is O=C([O-])[C@H]1CSc2c(C3CC3)c(Cc3cccc4ccccc34)cc(=O)n21.[Li+]. The van der Waals surface area contributed by atoms with Gasteiger partial charge in [-0.15, -0.1) is 11.8 Å². The number of aliphatic carboxylic acids is 1. The summed E-state index contributed by atoms with van der Waals surface area (Å²) in [5.74, 6) is -0.369. The molecule has 2 heterocycles. The van der Waals surface area contributed by atoms with Crippen molar-refractivity contribution in [3.05, 3.63) is 75.6 Å². The van der Waals surface area contributed by atoms with Crippen molar-refractivity contribution in [3.63, 3.8) is 0 Å². The van der Waals surface area contributed by atoms with Crippen molar-refractivity contribution in [1.82, 2.24) is 4.57 Å². The van der Waals surface area contributed by atoms with Crippen molar-refractivity contribution in [3.8, 4) is 0 Å². The second kappa shape index (κ2) is 7.48. The Balaban J connectivity index is 0.00000192. The quantitative estimate of drug-likeness (QED) is 0.589. The smallest absolute Gasteiger partial charge is 0.548 e. The first-order chi connectivity index (χ1) is 13.1. The molecule has 1 fully saturated rings. The van der Waals surface area contributed by atoms with Crippen LogP contribution in [0.25, 0.3) is 10.8 Å². The first-order valence-electron chi connectivity index (χ1n) is 9.22. The number of hydrogen-bond acceptors (Lipinski definition) is 4. The molecule has 2 aromatic carbocycles. The third-order valence-corrected chi connectivity index (χ3v) is 6.71. The Hall–Kier alpha value is -1.93. The van der Waals surface area contributed by atoms with Gasteiger partial charge in [-0.2, -0.15) is 0 Å². The van der Waals surface area contributed by atoms with Gasteiger partial charge in [-0.1, -0.05) is 42.5 Å². The van der Waals surface area contributed by atoms with E-state index in [2.05, 4.69) is 30.3 Å². The molecule has 6 heteroatoms. The zero-order valence-electron chi connectivity index (χ0n) is 15.7. The molecule has 5 rings (SSSR count). The van der Waals surface area contributed by atoms with E-state index >= 15 is 0 Å². The van der Waals surface area contributed by atoms with E-state index in [-0.39, 0.29) is 24.4 Å². The van der Waals surface area contributed by atoms with Crippen molar-refractivity contribution in [2.45, 2.75) is 36.2 Å². The zero-order chi connectivity index (χ0) is 18.5. The summed E-state index contributed by atoms with van der Waals surface area (Å²) < 4.78 is 1.44. The number of carbonyl (C=O) groups excluding carboxylic acids is 1. The van der Waals surface area contributed by atoms with Gasteiger partial charge < -0.3 is 9.90 Å². The second-order valence-corrected chi connectivity index (χ2v) is 8.34. The number of fused-ring (bicyclic) bond motifs is 2. The van der Waals surface area contributed by atoms with E-state index in [4.69, 9.17) is 0 Å². The van der Waals surface area contributed by atoms with E-state index in [1.165, 1.54) is 38.2 Å². The molecule has 1 saturated carbocycles. The number of carboxylic acid groups (broad SMARTS) is 1. The Morgan fingerprint density at radius 2 is 1.86 bits per heavy atom. The molecule has 136 valence electrons. The molecule has 1 aromatic heterocycles. The molecule has 0 bridgehead atoms. The van der Waals surface area contributed by atoms with E-state index in [1.54, 1.807) is 6.07 Å². The molecule has 0 saturated heterocycles. The maximum absolute atomic E-state index is 12.8. The van der Waals surface area contributed by atoms with Crippen molar-refractivity contribution in [2.24, 2.45) is 0 Å². The minimum Gasteiger partial charge on any atom is -0.548 e. The van der Waals surface area contributed by atoms with Gasteiger partial charge in [0, 0.05) is 11.8 Å². The van der Waals surface area contributed by atoms with Crippen LogP contribution in [0.3, 0.4) is 0 Å². The summed E-state index contributed by atoms with van der Waals surface area (Å²) in [6, 6.07) is 15.3. The number of aromatic nitrogens is 1. The average Bonchev–Trinajstić information content (AvgIpc) is 3.39. The molecule has 3 aromatic rings. The topological polar surface area (TPSA) is 62.1 Å². The standard InChI is InChI=1S/C22H19NO3S.Li/c24-19-11-16(10-15-6-3-5-13-4-1-2-7-17(13)15)20(14-8-9-14)21-23(19)18(12-27-21)22(25)26;/h1-7,11,14,18H,8-10,12H2,(H,25,26);/q;+1/p-1/t18-;/m1./s1. The number of hydrogen-bond donors (Lipinski definition) is 0. The van der Waals surface area contributed by atoms with Gasteiger partial charge in [0.25, 0.3) is 5.56 Å². The molecule has 0 N–H and O–H groups in total. The van der Waals surface area contributed by atoms with Gasteiger partial charge in [0.1, 0.15) is 0 Å². The molecule has 28 heavy (non-hydrogen) atoms. The summed E-state index contributed by atoms with van der Waals surface area (Å²) in [4.78, 5) is 24.2. The van der Waals surface area contributed by atoms with Gasteiger partial charge in [0.15, 0.2) is 0 Å². The van der Waals surface area contributed by atoms with Crippen LogP contribution in [0.15, 0.2) is 58.4 Å². The molecule has 1 atom stereocenters. The zero-order valence-corrected chi connectivity index (χ0v) is 16.5. The molecule has 0 spiro atoms. The predicted molar refractivity (Wildman–Crippen MR) is 104 cm³/mol. The number of thioether (sulfide) groups is 1. The fourth-order valence-electron chi connectivity index (χ4n) is 4.12. The van der Waals surface area contributed by atoms with Crippen LogP contribution in [0.4, 0.5) is 0 Å². The third kappa shape index (κ3) is 3.22. The maximum atomic E-state index is 12.8. The number of carbonyl (C=O) groups is 1. The predicted octanol–water partition coefficient (Wildman–Crippen LogP) is -0.130. The summed E-state index contributed by atoms with van der Waals surface area (Å²) in [7, 11) is 0. The number of nitrogens with zero attached hydrogens (tertiary/aromatic N) is 1. The van der Waals surface area contributed by atoms with Gasteiger partial charge >= 0.3 is 18.9 Å². The molecule has 0 amide bonds. The van der Waals surface area contributed by atoms with E-state index in [9.17, 15) is 14.7 Å². The number of carboxylic acids is 1. The molecular formula is C22H18LiNO3S. The maximum Gasteiger partial charge on any atom is 1.00 e. The Kier molecular flexibility index (Phi) is 5.18. The fourth-order valence-corrected chi connectivity index (χ4v) is 5.53. The Morgan fingerprint density at radius 1 is 1.11 bits per heavy atom. The average molecular weight is 383 g/mol. The van der Waals surface area contributed by atoms with E-state index < -0.39 is 12.0 Å². The van der Waals surface area contributed by atoms with E-state index in [1.807, 2.05) is 12.1 Å². The van der Waals surface area contributed by atoms with Crippen LogP contribution >= 0.6 is 11.8 Å². The van der Waals surface area contributed by atoms with Crippen molar-refractivity contribution in [2.75, 3.05) is 5.75 Å². The Labute approximate surface area is 179 Å². The van der Waals surface area contributed by atoms with Crippen molar-refractivity contribution in [1.29, 1.82) is 0 Å². The summed E-state index contributed by atoms with van der Waals surface area (Å²) >= 11 is 1.48. The Bertz CT molecular complexity index is 1130. The van der Waals surface area contributed by atoms with Crippen LogP contribution in [-0.4, -0.2) is 16.3 Å². The molecular weight excluding hydrogens is 365 g/mol. The van der Waals surface area contributed by atoms with Gasteiger partial charge in [0.05, 0.1) is 17.0 Å². The number of rotatable bonds is 4. The fraction of sp³-hybridized carbons (Fsp3) is 0.273. The monoisotopic (exact) mass is 383 g/mol. The largest absolute Gasteiger partial charge is 1.00 e.